The van der Waals surface area contributed by atoms with Crippen molar-refractivity contribution in [2.24, 2.45) is 0 Å². The van der Waals surface area contributed by atoms with Crippen LogP contribution in [0.1, 0.15) is 19.3 Å². The van der Waals surface area contributed by atoms with E-state index in [9.17, 15) is 0 Å². The third kappa shape index (κ3) is 2.41. The highest BCUT2D eigenvalue weighted by Crippen LogP contribution is 2.29. The fraction of sp³-hybridized carbons (Fsp3) is 0.467. The van der Waals surface area contributed by atoms with E-state index in [1.54, 1.807) is 0 Å². The van der Waals surface area contributed by atoms with E-state index in [0.29, 0.717) is 12.1 Å². The van der Waals surface area contributed by atoms with Crippen LogP contribution in [0.2, 0.25) is 0 Å². The highest BCUT2D eigenvalue weighted by Gasteiger charge is 2.24. The second-order valence-electron chi connectivity index (χ2n) is 5.66. The van der Waals surface area contributed by atoms with E-state index >= 15 is 0 Å². The van der Waals surface area contributed by atoms with Crippen LogP contribution in [0, 0.1) is 0 Å². The first-order valence-electron chi connectivity index (χ1n) is 7.39. The number of hydrogen-bond donors (Lipinski definition) is 3. The molecular weight excluding hydrogens is 250 g/mol. The van der Waals surface area contributed by atoms with Crippen LogP contribution in [0.15, 0.2) is 24.3 Å². The monoisotopic (exact) mass is 269 g/mol. The quantitative estimate of drug-likeness (QED) is 0.792. The Kier molecular flexibility index (Phi) is 2.92. The zero-order valence-electron chi connectivity index (χ0n) is 11.4. The summed E-state index contributed by atoms with van der Waals surface area (Å²) in [5.41, 5.74) is 1.90. The van der Waals surface area contributed by atoms with Crippen LogP contribution in [-0.2, 0) is 0 Å². The standard InChI is InChI=1S/C15H19N5/c1-2-4-13-12(3-1)19-14(17-10-5-6-10)15(20-13)18-11-7-8-16-9-11/h1-4,10-11,16H,5-9H2,(H,17,19)(H,18,20). The minimum atomic E-state index is 0.449. The van der Waals surface area contributed by atoms with Gasteiger partial charge in [0.2, 0.25) is 0 Å². The molecule has 0 radical (unpaired) electrons. The van der Waals surface area contributed by atoms with Gasteiger partial charge in [-0.2, -0.15) is 0 Å². The fourth-order valence-corrected chi connectivity index (χ4v) is 2.59. The third-order valence-corrected chi connectivity index (χ3v) is 3.89. The Morgan fingerprint density at radius 1 is 0.900 bits per heavy atom. The summed E-state index contributed by atoms with van der Waals surface area (Å²) in [6.45, 7) is 2.07. The molecule has 20 heavy (non-hydrogen) atoms. The Bertz CT molecular complexity index is 617. The van der Waals surface area contributed by atoms with Gasteiger partial charge in [-0.25, -0.2) is 9.97 Å². The molecule has 5 heteroatoms. The van der Waals surface area contributed by atoms with Crippen molar-refractivity contribution >= 4 is 22.7 Å². The molecular formula is C15H19N5. The molecule has 1 saturated heterocycles. The lowest BCUT2D eigenvalue weighted by Gasteiger charge is -2.16. The van der Waals surface area contributed by atoms with Gasteiger partial charge in [-0.15, -0.1) is 0 Å². The van der Waals surface area contributed by atoms with E-state index in [1.807, 2.05) is 24.3 Å². The highest BCUT2D eigenvalue weighted by molar-refractivity contribution is 5.80. The summed E-state index contributed by atoms with van der Waals surface area (Å²) in [6.07, 6.45) is 3.61. The molecule has 1 aromatic heterocycles. The van der Waals surface area contributed by atoms with Crippen molar-refractivity contribution in [1.29, 1.82) is 0 Å². The van der Waals surface area contributed by atoms with Gasteiger partial charge in [-0.05, 0) is 37.9 Å². The maximum absolute atomic E-state index is 4.76. The first kappa shape index (κ1) is 11.9. The number of anilines is 2. The fourth-order valence-electron chi connectivity index (χ4n) is 2.59. The molecule has 2 fully saturated rings. The van der Waals surface area contributed by atoms with Gasteiger partial charge in [0.15, 0.2) is 11.6 Å². The predicted molar refractivity (Wildman–Crippen MR) is 81.1 cm³/mol. The van der Waals surface area contributed by atoms with Crippen LogP contribution in [0.25, 0.3) is 11.0 Å². The Labute approximate surface area is 118 Å². The first-order valence-corrected chi connectivity index (χ1v) is 7.39. The van der Waals surface area contributed by atoms with Gasteiger partial charge in [-0.3, -0.25) is 0 Å². The van der Waals surface area contributed by atoms with E-state index in [1.165, 1.54) is 12.8 Å². The average Bonchev–Trinajstić information content (AvgIpc) is 3.13. The summed E-state index contributed by atoms with van der Waals surface area (Å²) >= 11 is 0. The van der Waals surface area contributed by atoms with Crippen LogP contribution in [0.3, 0.4) is 0 Å². The molecule has 2 aromatic rings. The lowest BCUT2D eigenvalue weighted by Crippen LogP contribution is -2.24. The van der Waals surface area contributed by atoms with Crippen LogP contribution < -0.4 is 16.0 Å². The second-order valence-corrected chi connectivity index (χ2v) is 5.66. The van der Waals surface area contributed by atoms with Gasteiger partial charge in [0, 0.05) is 18.6 Å². The Balaban J connectivity index is 1.69. The number of nitrogens with zero attached hydrogens (tertiary/aromatic N) is 2. The minimum absolute atomic E-state index is 0.449. The number of para-hydroxylation sites is 2. The van der Waals surface area contributed by atoms with Gasteiger partial charge < -0.3 is 16.0 Å². The molecule has 1 aromatic carbocycles. The predicted octanol–water partition coefficient (Wildman–Crippen LogP) is 1.98. The van der Waals surface area contributed by atoms with Crippen molar-refractivity contribution < 1.29 is 0 Å². The molecule has 1 saturated carbocycles. The van der Waals surface area contributed by atoms with Crippen molar-refractivity contribution in [2.45, 2.75) is 31.3 Å². The average molecular weight is 269 g/mol. The highest BCUT2D eigenvalue weighted by atomic mass is 15.2. The van der Waals surface area contributed by atoms with Crippen molar-refractivity contribution in [3.05, 3.63) is 24.3 Å². The minimum Gasteiger partial charge on any atom is -0.364 e. The molecule has 1 unspecified atom stereocenters. The molecule has 3 N–H and O–H groups in total. The Morgan fingerprint density at radius 2 is 1.55 bits per heavy atom. The molecule has 0 bridgehead atoms. The topological polar surface area (TPSA) is 61.9 Å². The van der Waals surface area contributed by atoms with Gasteiger partial charge in [0.1, 0.15) is 0 Å². The van der Waals surface area contributed by atoms with E-state index < -0.39 is 0 Å². The lowest BCUT2D eigenvalue weighted by molar-refractivity contribution is 0.788. The van der Waals surface area contributed by atoms with E-state index in [4.69, 9.17) is 9.97 Å². The molecule has 4 rings (SSSR count). The molecule has 0 spiro atoms. The van der Waals surface area contributed by atoms with Crippen LogP contribution in [0.5, 0.6) is 0 Å². The SMILES string of the molecule is c1ccc2nc(NC3CCNC3)c(NC3CC3)nc2c1. The zero-order valence-corrected chi connectivity index (χ0v) is 11.4. The summed E-state index contributed by atoms with van der Waals surface area (Å²) in [7, 11) is 0. The number of aromatic nitrogens is 2. The van der Waals surface area contributed by atoms with Crippen molar-refractivity contribution in [3.63, 3.8) is 0 Å². The number of benzene rings is 1. The van der Waals surface area contributed by atoms with Crippen LogP contribution in [-0.4, -0.2) is 35.1 Å². The van der Waals surface area contributed by atoms with Crippen molar-refractivity contribution in [3.8, 4) is 0 Å². The number of rotatable bonds is 4. The van der Waals surface area contributed by atoms with Crippen molar-refractivity contribution in [1.82, 2.24) is 15.3 Å². The molecule has 0 amide bonds. The van der Waals surface area contributed by atoms with Gasteiger partial charge in [0.05, 0.1) is 11.0 Å². The molecule has 5 nitrogen and oxygen atoms in total. The maximum atomic E-state index is 4.76. The van der Waals surface area contributed by atoms with Gasteiger partial charge >= 0.3 is 0 Å². The molecule has 1 atom stereocenters. The molecule has 2 heterocycles. The zero-order chi connectivity index (χ0) is 13.4. The molecule has 2 aliphatic rings. The Morgan fingerprint density at radius 3 is 2.10 bits per heavy atom. The van der Waals surface area contributed by atoms with E-state index in [2.05, 4.69) is 16.0 Å². The van der Waals surface area contributed by atoms with Crippen molar-refractivity contribution in [2.75, 3.05) is 23.7 Å². The molecule has 104 valence electrons. The molecule has 1 aliphatic heterocycles. The number of hydrogen-bond acceptors (Lipinski definition) is 5. The number of nitrogens with one attached hydrogen (secondary N) is 3. The third-order valence-electron chi connectivity index (χ3n) is 3.89. The van der Waals surface area contributed by atoms with Gasteiger partial charge in [-0.1, -0.05) is 12.1 Å². The van der Waals surface area contributed by atoms with Gasteiger partial charge in [0.25, 0.3) is 0 Å². The summed E-state index contributed by atoms with van der Waals surface area (Å²) in [5.74, 6) is 1.79. The number of fused-ring (bicyclic) bond motifs is 1. The summed E-state index contributed by atoms with van der Waals surface area (Å²) < 4.78 is 0. The summed E-state index contributed by atoms with van der Waals surface area (Å²) in [6, 6.07) is 9.07. The Hall–Kier alpha value is -1.88. The van der Waals surface area contributed by atoms with Crippen LogP contribution in [0.4, 0.5) is 11.6 Å². The summed E-state index contributed by atoms with van der Waals surface area (Å²) in [4.78, 5) is 9.50. The normalized spacial score (nSPS) is 22.1. The lowest BCUT2D eigenvalue weighted by atomic mass is 10.2. The maximum Gasteiger partial charge on any atom is 0.170 e. The summed E-state index contributed by atoms with van der Waals surface area (Å²) in [5, 5.41) is 10.4. The molecule has 1 aliphatic carbocycles. The smallest absolute Gasteiger partial charge is 0.170 e. The first-order chi connectivity index (χ1) is 9.88. The van der Waals surface area contributed by atoms with Crippen LogP contribution >= 0.6 is 0 Å². The second kappa shape index (κ2) is 4.90. The van der Waals surface area contributed by atoms with E-state index in [0.717, 1.165) is 42.2 Å². The largest absolute Gasteiger partial charge is 0.364 e. The van der Waals surface area contributed by atoms with E-state index in [-0.39, 0.29) is 0 Å².